The van der Waals surface area contributed by atoms with Crippen LogP contribution in [0.5, 0.6) is 5.75 Å². The quantitative estimate of drug-likeness (QED) is 0.785. The Morgan fingerprint density at radius 1 is 1.05 bits per heavy atom. The zero-order valence-electron chi connectivity index (χ0n) is 11.3. The highest BCUT2D eigenvalue weighted by atomic mass is 19.4. The van der Waals surface area contributed by atoms with Crippen LogP contribution in [0.3, 0.4) is 0 Å². The Kier molecular flexibility index (Phi) is 4.31. The second-order valence-electron chi connectivity index (χ2n) is 4.60. The fraction of sp³-hybridized carbons (Fsp3) is 0.188. The van der Waals surface area contributed by atoms with Gasteiger partial charge in [0.25, 0.3) is 0 Å². The van der Waals surface area contributed by atoms with Crippen molar-refractivity contribution in [1.29, 1.82) is 0 Å². The van der Waals surface area contributed by atoms with Crippen molar-refractivity contribution in [3.8, 4) is 5.75 Å². The average Bonchev–Trinajstić information content (AvgIpc) is 2.40. The second-order valence-corrected chi connectivity index (χ2v) is 4.60. The summed E-state index contributed by atoms with van der Waals surface area (Å²) in [5.41, 5.74) is 2.26. The molecule has 0 aromatic heterocycles. The highest BCUT2D eigenvalue weighted by Crippen LogP contribution is 2.23. The molecule has 2 rings (SSSR count). The van der Waals surface area contributed by atoms with Gasteiger partial charge in [0.05, 0.1) is 0 Å². The van der Waals surface area contributed by atoms with Gasteiger partial charge in [-0.2, -0.15) is 0 Å². The van der Waals surface area contributed by atoms with Gasteiger partial charge in [0.1, 0.15) is 5.75 Å². The number of benzene rings is 2. The van der Waals surface area contributed by atoms with Gasteiger partial charge in [-0.15, -0.1) is 13.2 Å². The van der Waals surface area contributed by atoms with E-state index in [1.54, 1.807) is 0 Å². The standard InChI is InChI=1S/C16H13F3O2/c1-11-4-2-3-5-13(11)10-15(20)12-6-8-14(9-7-12)21-16(17,18)19/h2-9H,10H2,1H3. The molecule has 0 saturated heterocycles. The van der Waals surface area contributed by atoms with Gasteiger partial charge in [0, 0.05) is 12.0 Å². The first-order chi connectivity index (χ1) is 9.85. The molecule has 0 saturated carbocycles. The molecule has 2 nitrogen and oxygen atoms in total. The molecule has 2 aromatic carbocycles. The third kappa shape index (κ3) is 4.34. The van der Waals surface area contributed by atoms with Crippen molar-refractivity contribution in [3.63, 3.8) is 0 Å². The summed E-state index contributed by atoms with van der Waals surface area (Å²) in [6, 6.07) is 12.4. The summed E-state index contributed by atoms with van der Waals surface area (Å²) in [6.45, 7) is 1.91. The number of hydrogen-bond acceptors (Lipinski definition) is 2. The summed E-state index contributed by atoms with van der Waals surface area (Å²) in [5, 5.41) is 0. The van der Waals surface area contributed by atoms with E-state index < -0.39 is 6.36 Å². The van der Waals surface area contributed by atoms with Crippen LogP contribution in [-0.2, 0) is 6.42 Å². The maximum Gasteiger partial charge on any atom is 0.573 e. The van der Waals surface area contributed by atoms with Gasteiger partial charge in [-0.05, 0) is 42.3 Å². The highest BCUT2D eigenvalue weighted by molar-refractivity contribution is 5.97. The molecule has 0 aliphatic rings. The Morgan fingerprint density at radius 3 is 2.24 bits per heavy atom. The number of ether oxygens (including phenoxy) is 1. The van der Waals surface area contributed by atoms with Crippen molar-refractivity contribution in [2.45, 2.75) is 19.7 Å². The van der Waals surface area contributed by atoms with Gasteiger partial charge in [-0.1, -0.05) is 24.3 Å². The highest BCUT2D eigenvalue weighted by Gasteiger charge is 2.31. The van der Waals surface area contributed by atoms with E-state index in [0.29, 0.717) is 5.56 Å². The molecular formula is C16H13F3O2. The molecule has 0 heterocycles. The lowest BCUT2D eigenvalue weighted by atomic mass is 9.99. The number of alkyl halides is 3. The molecule has 0 spiro atoms. The number of ketones is 1. The molecule has 110 valence electrons. The molecule has 0 bridgehead atoms. The molecule has 0 N–H and O–H groups in total. The molecule has 0 radical (unpaired) electrons. The van der Waals surface area contributed by atoms with Crippen LogP contribution in [0, 0.1) is 6.92 Å². The summed E-state index contributed by atoms with van der Waals surface area (Å²) < 4.78 is 39.9. The van der Waals surface area contributed by atoms with E-state index in [9.17, 15) is 18.0 Å². The minimum atomic E-state index is -4.73. The summed E-state index contributed by atoms with van der Waals surface area (Å²) in [7, 11) is 0. The monoisotopic (exact) mass is 294 g/mol. The van der Waals surface area contributed by atoms with Crippen LogP contribution in [0.2, 0.25) is 0 Å². The van der Waals surface area contributed by atoms with Crippen LogP contribution in [0.4, 0.5) is 13.2 Å². The number of rotatable bonds is 4. The summed E-state index contributed by atoms with van der Waals surface area (Å²) in [4.78, 5) is 12.1. The van der Waals surface area contributed by atoms with Gasteiger partial charge >= 0.3 is 6.36 Å². The first-order valence-electron chi connectivity index (χ1n) is 6.29. The van der Waals surface area contributed by atoms with Crippen LogP contribution in [0.1, 0.15) is 21.5 Å². The topological polar surface area (TPSA) is 26.3 Å². The van der Waals surface area contributed by atoms with Crippen LogP contribution in [0.25, 0.3) is 0 Å². The smallest absolute Gasteiger partial charge is 0.406 e. The van der Waals surface area contributed by atoms with Crippen molar-refractivity contribution in [2.75, 3.05) is 0 Å². The predicted octanol–water partition coefficient (Wildman–Crippen LogP) is 4.32. The Morgan fingerprint density at radius 2 is 1.67 bits per heavy atom. The molecule has 0 aliphatic carbocycles. The number of hydrogen-bond donors (Lipinski definition) is 0. The Balaban J connectivity index is 2.08. The van der Waals surface area contributed by atoms with Gasteiger partial charge in [0.15, 0.2) is 5.78 Å². The average molecular weight is 294 g/mol. The van der Waals surface area contributed by atoms with E-state index in [1.165, 1.54) is 12.1 Å². The van der Waals surface area contributed by atoms with Gasteiger partial charge in [-0.25, -0.2) is 0 Å². The molecule has 0 fully saturated rings. The first kappa shape index (κ1) is 15.1. The van der Waals surface area contributed by atoms with E-state index in [2.05, 4.69) is 4.74 Å². The van der Waals surface area contributed by atoms with E-state index in [0.717, 1.165) is 23.3 Å². The van der Waals surface area contributed by atoms with Crippen LogP contribution < -0.4 is 4.74 Å². The minimum absolute atomic E-state index is 0.150. The second kappa shape index (κ2) is 5.99. The minimum Gasteiger partial charge on any atom is -0.406 e. The normalized spacial score (nSPS) is 11.2. The third-order valence-electron chi connectivity index (χ3n) is 3.02. The van der Waals surface area contributed by atoms with Crippen molar-refractivity contribution in [3.05, 3.63) is 65.2 Å². The van der Waals surface area contributed by atoms with Crippen LogP contribution in [-0.4, -0.2) is 12.1 Å². The lowest BCUT2D eigenvalue weighted by molar-refractivity contribution is -0.274. The molecule has 21 heavy (non-hydrogen) atoms. The van der Waals surface area contributed by atoms with Crippen molar-refractivity contribution >= 4 is 5.78 Å². The Labute approximate surface area is 120 Å². The molecule has 0 aliphatic heterocycles. The van der Waals surface area contributed by atoms with Crippen LogP contribution in [0.15, 0.2) is 48.5 Å². The van der Waals surface area contributed by atoms with Crippen molar-refractivity contribution in [2.24, 2.45) is 0 Å². The Bertz CT molecular complexity index is 631. The van der Waals surface area contributed by atoms with Gasteiger partial charge in [-0.3, -0.25) is 4.79 Å². The zero-order valence-corrected chi connectivity index (χ0v) is 11.3. The molecule has 0 unspecified atom stereocenters. The van der Waals surface area contributed by atoms with Crippen molar-refractivity contribution in [1.82, 2.24) is 0 Å². The SMILES string of the molecule is Cc1ccccc1CC(=O)c1ccc(OC(F)(F)F)cc1. The maximum absolute atomic E-state index is 12.1. The molecule has 5 heteroatoms. The Hall–Kier alpha value is -2.30. The number of Topliss-reactive ketones (excluding diaryl/α,β-unsaturated/α-hetero) is 1. The summed E-state index contributed by atoms with van der Waals surface area (Å²) >= 11 is 0. The van der Waals surface area contributed by atoms with E-state index in [1.807, 2.05) is 31.2 Å². The summed E-state index contributed by atoms with van der Waals surface area (Å²) in [5.74, 6) is -0.488. The lowest BCUT2D eigenvalue weighted by Gasteiger charge is -2.09. The number of carbonyl (C=O) groups is 1. The predicted molar refractivity (Wildman–Crippen MR) is 72.3 cm³/mol. The number of halogens is 3. The van der Waals surface area contributed by atoms with Crippen molar-refractivity contribution < 1.29 is 22.7 Å². The van der Waals surface area contributed by atoms with E-state index >= 15 is 0 Å². The van der Waals surface area contributed by atoms with Gasteiger partial charge < -0.3 is 4.74 Å². The maximum atomic E-state index is 12.1. The van der Waals surface area contributed by atoms with Gasteiger partial charge in [0.2, 0.25) is 0 Å². The number of aryl methyl sites for hydroxylation is 1. The first-order valence-corrected chi connectivity index (χ1v) is 6.29. The van der Waals surface area contributed by atoms with E-state index in [4.69, 9.17) is 0 Å². The largest absolute Gasteiger partial charge is 0.573 e. The zero-order chi connectivity index (χ0) is 15.5. The number of carbonyl (C=O) groups excluding carboxylic acids is 1. The molecule has 2 aromatic rings. The fourth-order valence-electron chi connectivity index (χ4n) is 1.93. The van der Waals surface area contributed by atoms with E-state index in [-0.39, 0.29) is 18.0 Å². The molecule has 0 atom stereocenters. The lowest BCUT2D eigenvalue weighted by Crippen LogP contribution is -2.17. The molecular weight excluding hydrogens is 281 g/mol. The van der Waals surface area contributed by atoms with Crippen LogP contribution >= 0.6 is 0 Å². The summed E-state index contributed by atoms with van der Waals surface area (Å²) in [6.07, 6.45) is -4.52. The fourth-order valence-corrected chi connectivity index (χ4v) is 1.93. The third-order valence-corrected chi connectivity index (χ3v) is 3.02. The molecule has 0 amide bonds.